The van der Waals surface area contributed by atoms with E-state index in [-0.39, 0.29) is 12.1 Å². The van der Waals surface area contributed by atoms with E-state index in [4.69, 9.17) is 10.5 Å². The molecule has 1 saturated heterocycles. The summed E-state index contributed by atoms with van der Waals surface area (Å²) in [4.78, 5) is 19.0. The largest absolute Gasteiger partial charge is 0.444 e. The van der Waals surface area contributed by atoms with Gasteiger partial charge in [0.1, 0.15) is 5.60 Å². The van der Waals surface area contributed by atoms with Crippen LogP contribution in [0.25, 0.3) is 0 Å². The van der Waals surface area contributed by atoms with Gasteiger partial charge in [-0.05, 0) is 57.9 Å². The van der Waals surface area contributed by atoms with Crippen LogP contribution in [0.2, 0.25) is 0 Å². The molecule has 2 aliphatic rings. The van der Waals surface area contributed by atoms with Crippen molar-refractivity contribution in [1.82, 2.24) is 10.3 Å². The summed E-state index contributed by atoms with van der Waals surface area (Å²) in [5.41, 5.74) is 10.1. The normalized spacial score (nSPS) is 23.3. The maximum Gasteiger partial charge on any atom is 0.407 e. The molecule has 6 nitrogen and oxygen atoms in total. The van der Waals surface area contributed by atoms with Crippen LogP contribution < -0.4 is 16.0 Å². The highest BCUT2D eigenvalue weighted by atomic mass is 16.6. The van der Waals surface area contributed by atoms with Crippen LogP contribution in [-0.2, 0) is 17.6 Å². The molecule has 25 heavy (non-hydrogen) atoms. The predicted octanol–water partition coefficient (Wildman–Crippen LogP) is 2.89. The van der Waals surface area contributed by atoms with Crippen molar-refractivity contribution in [2.45, 2.75) is 65.0 Å². The van der Waals surface area contributed by atoms with E-state index in [1.54, 1.807) is 6.20 Å². The summed E-state index contributed by atoms with van der Waals surface area (Å²) in [5, 5.41) is 3.03. The second kappa shape index (κ2) is 6.73. The van der Waals surface area contributed by atoms with E-state index in [1.165, 1.54) is 11.3 Å². The number of nitrogens with one attached hydrogen (secondary N) is 1. The molecule has 1 aromatic heterocycles. The number of rotatable bonds is 2. The number of ether oxygens (including phenoxy) is 1. The molecular formula is C19H30N4O2. The number of aryl methyl sites for hydroxylation is 1. The standard InChI is InChI=1S/C19H30N4O2/c1-12-8-13(22-18(24)25-19(2,3)4)11-23(10-12)17-14-6-5-7-16(14)21-9-15(17)20/h9,12-13H,5-8,10-11,20H2,1-4H3,(H,22,24)/t12-,13?/m1/s1. The second-order valence-electron chi connectivity index (χ2n) is 8.43. The molecule has 1 fully saturated rings. The van der Waals surface area contributed by atoms with E-state index < -0.39 is 5.60 Å². The van der Waals surface area contributed by atoms with Crippen LogP contribution in [0.5, 0.6) is 0 Å². The van der Waals surface area contributed by atoms with Crippen LogP contribution in [0.3, 0.4) is 0 Å². The van der Waals surface area contributed by atoms with Gasteiger partial charge in [-0.25, -0.2) is 4.79 Å². The average Bonchev–Trinajstić information content (AvgIpc) is 2.92. The Morgan fingerprint density at radius 1 is 1.36 bits per heavy atom. The molecule has 2 heterocycles. The van der Waals surface area contributed by atoms with Crippen molar-refractivity contribution in [3.8, 4) is 0 Å². The number of nitrogens with zero attached hydrogens (tertiary/aromatic N) is 2. The van der Waals surface area contributed by atoms with Gasteiger partial charge in [0.15, 0.2) is 0 Å². The number of amides is 1. The van der Waals surface area contributed by atoms with Gasteiger partial charge >= 0.3 is 6.09 Å². The predicted molar refractivity (Wildman–Crippen MR) is 99.8 cm³/mol. The molecule has 2 atom stereocenters. The molecule has 0 spiro atoms. The molecule has 0 aromatic carbocycles. The number of alkyl carbamates (subject to hydrolysis) is 1. The summed E-state index contributed by atoms with van der Waals surface area (Å²) in [6.45, 7) is 9.56. The van der Waals surface area contributed by atoms with Crippen molar-refractivity contribution in [2.24, 2.45) is 5.92 Å². The van der Waals surface area contributed by atoms with Gasteiger partial charge in [-0.15, -0.1) is 0 Å². The highest BCUT2D eigenvalue weighted by molar-refractivity contribution is 5.73. The molecule has 0 radical (unpaired) electrons. The van der Waals surface area contributed by atoms with Gasteiger partial charge < -0.3 is 20.7 Å². The Hall–Kier alpha value is -1.98. The SMILES string of the molecule is C[C@@H]1CC(NC(=O)OC(C)(C)C)CN(c2c(N)cnc3c2CCC3)C1. The summed E-state index contributed by atoms with van der Waals surface area (Å²) < 4.78 is 5.41. The Morgan fingerprint density at radius 3 is 2.84 bits per heavy atom. The number of anilines is 2. The first-order valence-electron chi connectivity index (χ1n) is 9.23. The number of hydrogen-bond acceptors (Lipinski definition) is 5. The maximum atomic E-state index is 12.1. The summed E-state index contributed by atoms with van der Waals surface area (Å²) in [7, 11) is 0. The van der Waals surface area contributed by atoms with Gasteiger partial charge in [0.2, 0.25) is 0 Å². The van der Waals surface area contributed by atoms with Gasteiger partial charge in [-0.3, -0.25) is 4.98 Å². The van der Waals surface area contributed by atoms with E-state index in [0.717, 1.165) is 50.1 Å². The Morgan fingerprint density at radius 2 is 2.12 bits per heavy atom. The van der Waals surface area contributed by atoms with E-state index >= 15 is 0 Å². The third kappa shape index (κ3) is 4.17. The molecule has 0 saturated carbocycles. The molecule has 3 rings (SSSR count). The van der Waals surface area contributed by atoms with Crippen LogP contribution in [0.1, 0.15) is 51.8 Å². The minimum atomic E-state index is -0.486. The first-order valence-corrected chi connectivity index (χ1v) is 9.23. The number of carbonyl (C=O) groups excluding carboxylic acids is 1. The second-order valence-corrected chi connectivity index (χ2v) is 8.43. The Labute approximate surface area is 150 Å². The first-order chi connectivity index (χ1) is 11.7. The minimum Gasteiger partial charge on any atom is -0.444 e. The van der Waals surface area contributed by atoms with Crippen LogP contribution in [0.15, 0.2) is 6.20 Å². The molecule has 3 N–H and O–H groups in total. The summed E-state index contributed by atoms with van der Waals surface area (Å²) in [6.07, 6.45) is 5.60. The zero-order valence-electron chi connectivity index (χ0n) is 15.8. The Bertz CT molecular complexity index is 654. The third-order valence-corrected chi connectivity index (χ3v) is 4.80. The molecule has 1 aliphatic heterocycles. The van der Waals surface area contributed by atoms with Crippen molar-refractivity contribution in [2.75, 3.05) is 23.7 Å². The van der Waals surface area contributed by atoms with E-state index in [0.29, 0.717) is 5.92 Å². The van der Waals surface area contributed by atoms with E-state index in [1.807, 2.05) is 20.8 Å². The lowest BCUT2D eigenvalue weighted by atomic mass is 9.94. The van der Waals surface area contributed by atoms with Gasteiger partial charge in [0, 0.05) is 24.8 Å². The highest BCUT2D eigenvalue weighted by Gasteiger charge is 2.31. The maximum absolute atomic E-state index is 12.1. The molecular weight excluding hydrogens is 316 g/mol. The molecule has 1 aromatic rings. The monoisotopic (exact) mass is 346 g/mol. The lowest BCUT2D eigenvalue weighted by Crippen LogP contribution is -2.51. The van der Waals surface area contributed by atoms with Crippen LogP contribution in [-0.4, -0.2) is 35.8 Å². The smallest absolute Gasteiger partial charge is 0.407 e. The van der Waals surface area contributed by atoms with Crippen molar-refractivity contribution in [1.29, 1.82) is 0 Å². The molecule has 138 valence electrons. The van der Waals surface area contributed by atoms with Crippen molar-refractivity contribution < 1.29 is 9.53 Å². The lowest BCUT2D eigenvalue weighted by Gasteiger charge is -2.39. The van der Waals surface area contributed by atoms with E-state index in [9.17, 15) is 4.79 Å². The van der Waals surface area contributed by atoms with Crippen LogP contribution in [0.4, 0.5) is 16.2 Å². The average molecular weight is 346 g/mol. The number of carbonyl (C=O) groups is 1. The van der Waals surface area contributed by atoms with Crippen molar-refractivity contribution in [3.05, 3.63) is 17.5 Å². The molecule has 1 amide bonds. The van der Waals surface area contributed by atoms with Crippen LogP contribution >= 0.6 is 0 Å². The zero-order valence-corrected chi connectivity index (χ0v) is 15.8. The summed E-state index contributed by atoms with van der Waals surface area (Å²) in [5.74, 6) is 0.471. The number of nitrogen functional groups attached to an aromatic ring is 1. The quantitative estimate of drug-likeness (QED) is 0.861. The fourth-order valence-electron chi connectivity index (χ4n) is 3.99. The molecule has 0 bridgehead atoms. The number of aromatic nitrogens is 1. The summed E-state index contributed by atoms with van der Waals surface area (Å²) in [6, 6.07) is 0.0585. The fraction of sp³-hybridized carbons (Fsp3) is 0.684. The Balaban J connectivity index is 1.76. The molecule has 6 heteroatoms. The number of nitrogens with two attached hydrogens (primary N) is 1. The van der Waals surface area contributed by atoms with E-state index in [2.05, 4.69) is 22.1 Å². The number of piperidine rings is 1. The first kappa shape index (κ1) is 17.8. The zero-order chi connectivity index (χ0) is 18.2. The van der Waals surface area contributed by atoms with Gasteiger partial charge in [0.05, 0.1) is 17.6 Å². The van der Waals surface area contributed by atoms with Crippen molar-refractivity contribution in [3.63, 3.8) is 0 Å². The molecule has 1 aliphatic carbocycles. The van der Waals surface area contributed by atoms with Gasteiger partial charge in [-0.1, -0.05) is 6.92 Å². The van der Waals surface area contributed by atoms with Gasteiger partial charge in [0.25, 0.3) is 0 Å². The molecule has 1 unspecified atom stereocenters. The number of pyridine rings is 1. The number of hydrogen-bond donors (Lipinski definition) is 2. The highest BCUT2D eigenvalue weighted by Crippen LogP contribution is 2.36. The third-order valence-electron chi connectivity index (χ3n) is 4.80. The number of fused-ring (bicyclic) bond motifs is 1. The summed E-state index contributed by atoms with van der Waals surface area (Å²) >= 11 is 0. The van der Waals surface area contributed by atoms with Crippen LogP contribution in [0, 0.1) is 5.92 Å². The Kier molecular flexibility index (Phi) is 4.80. The topological polar surface area (TPSA) is 80.5 Å². The lowest BCUT2D eigenvalue weighted by molar-refractivity contribution is 0.0495. The van der Waals surface area contributed by atoms with Crippen molar-refractivity contribution >= 4 is 17.5 Å². The minimum absolute atomic E-state index is 0.0585. The van der Waals surface area contributed by atoms with Gasteiger partial charge in [-0.2, -0.15) is 0 Å². The fourth-order valence-corrected chi connectivity index (χ4v) is 3.99.